The van der Waals surface area contributed by atoms with Gasteiger partial charge in [0.05, 0.1) is 11.5 Å². The monoisotopic (exact) mass is 316 g/mol. The van der Waals surface area contributed by atoms with Gasteiger partial charge in [0.25, 0.3) is 5.91 Å². The Hall–Kier alpha value is -2.77. The zero-order valence-corrected chi connectivity index (χ0v) is 12.6. The lowest BCUT2D eigenvalue weighted by molar-refractivity contribution is 0.0677. The van der Waals surface area contributed by atoms with E-state index in [4.69, 9.17) is 9.63 Å². The highest BCUT2D eigenvalue weighted by molar-refractivity contribution is 5.95. The average molecular weight is 316 g/mol. The van der Waals surface area contributed by atoms with Crippen LogP contribution in [0.15, 0.2) is 22.9 Å². The van der Waals surface area contributed by atoms with E-state index in [0.29, 0.717) is 30.4 Å². The number of hydrogen-bond acceptors (Lipinski definition) is 6. The highest BCUT2D eigenvalue weighted by atomic mass is 16.5. The number of aryl methyl sites for hydroxylation is 1. The van der Waals surface area contributed by atoms with Crippen LogP contribution in [0.3, 0.4) is 0 Å². The Balaban J connectivity index is 1.72. The zero-order valence-electron chi connectivity index (χ0n) is 12.6. The summed E-state index contributed by atoms with van der Waals surface area (Å²) >= 11 is 0. The first-order chi connectivity index (χ1) is 11.0. The summed E-state index contributed by atoms with van der Waals surface area (Å²) in [7, 11) is 0. The second-order valence-corrected chi connectivity index (χ2v) is 5.51. The topological polar surface area (TPSA) is 109 Å². The third-order valence-corrected chi connectivity index (χ3v) is 3.83. The maximum Gasteiger partial charge on any atom is 0.354 e. The number of aromatic nitrogens is 3. The predicted octanol–water partition coefficient (Wildman–Crippen LogP) is 1.49. The zero-order chi connectivity index (χ0) is 16.4. The van der Waals surface area contributed by atoms with Crippen LogP contribution in [-0.2, 0) is 0 Å². The van der Waals surface area contributed by atoms with Gasteiger partial charge < -0.3 is 14.5 Å². The molecule has 3 heterocycles. The van der Waals surface area contributed by atoms with Crippen molar-refractivity contribution in [3.63, 3.8) is 0 Å². The van der Waals surface area contributed by atoms with Crippen molar-refractivity contribution in [3.05, 3.63) is 41.3 Å². The molecule has 8 heteroatoms. The summed E-state index contributed by atoms with van der Waals surface area (Å²) in [6, 6.07) is 2.82. The quantitative estimate of drug-likeness (QED) is 0.913. The van der Waals surface area contributed by atoms with Crippen LogP contribution in [0.25, 0.3) is 0 Å². The molecule has 0 aromatic carbocycles. The van der Waals surface area contributed by atoms with Gasteiger partial charge in [0, 0.05) is 19.3 Å². The van der Waals surface area contributed by atoms with Gasteiger partial charge in [-0.2, -0.15) is 4.98 Å². The van der Waals surface area contributed by atoms with Crippen LogP contribution >= 0.6 is 0 Å². The molecule has 0 bridgehead atoms. The molecule has 1 fully saturated rings. The maximum absolute atomic E-state index is 12.5. The van der Waals surface area contributed by atoms with Crippen LogP contribution in [-0.4, -0.2) is 50.1 Å². The molecule has 0 radical (unpaired) electrons. The number of carbonyl (C=O) groups is 2. The van der Waals surface area contributed by atoms with Crippen molar-refractivity contribution >= 4 is 11.9 Å². The molecule has 120 valence electrons. The first-order valence-electron chi connectivity index (χ1n) is 7.33. The van der Waals surface area contributed by atoms with Crippen molar-refractivity contribution in [2.75, 3.05) is 13.1 Å². The largest absolute Gasteiger partial charge is 0.477 e. The third kappa shape index (κ3) is 3.20. The fourth-order valence-corrected chi connectivity index (χ4v) is 2.67. The number of likely N-dealkylation sites (tertiary alicyclic amines) is 1. The smallest absolute Gasteiger partial charge is 0.354 e. The van der Waals surface area contributed by atoms with Gasteiger partial charge in [0.15, 0.2) is 5.82 Å². The van der Waals surface area contributed by atoms with E-state index in [9.17, 15) is 9.59 Å². The number of carboxylic acids is 1. The highest BCUT2D eigenvalue weighted by Gasteiger charge is 2.29. The van der Waals surface area contributed by atoms with Gasteiger partial charge in [-0.25, -0.2) is 9.78 Å². The Labute approximate surface area is 132 Å². The Morgan fingerprint density at radius 1 is 1.39 bits per heavy atom. The van der Waals surface area contributed by atoms with E-state index in [0.717, 1.165) is 12.8 Å². The summed E-state index contributed by atoms with van der Waals surface area (Å²) in [5.41, 5.74) is 0.289. The molecular formula is C15H16N4O4. The molecule has 1 amide bonds. The number of rotatable bonds is 3. The molecule has 23 heavy (non-hydrogen) atoms. The van der Waals surface area contributed by atoms with Crippen molar-refractivity contribution in [2.24, 2.45) is 0 Å². The van der Waals surface area contributed by atoms with E-state index >= 15 is 0 Å². The van der Waals surface area contributed by atoms with E-state index in [-0.39, 0.29) is 17.5 Å². The number of carbonyl (C=O) groups excluding carboxylic acids is 1. The lowest BCUT2D eigenvalue weighted by Crippen LogP contribution is -2.39. The Morgan fingerprint density at radius 2 is 2.22 bits per heavy atom. The van der Waals surface area contributed by atoms with Gasteiger partial charge in [0.1, 0.15) is 5.69 Å². The third-order valence-electron chi connectivity index (χ3n) is 3.83. The molecule has 3 rings (SSSR count). The SMILES string of the molecule is Cc1noc([C@@H]2CCCN(C(=O)c3ccc(C(=O)O)nc3)C2)n1. The van der Waals surface area contributed by atoms with Gasteiger partial charge in [-0.3, -0.25) is 4.79 Å². The minimum absolute atomic E-state index is 0.0279. The summed E-state index contributed by atoms with van der Waals surface area (Å²) in [4.78, 5) is 33.1. The lowest BCUT2D eigenvalue weighted by atomic mass is 9.97. The Kier molecular flexibility index (Phi) is 4.05. The van der Waals surface area contributed by atoms with Crippen molar-refractivity contribution in [1.82, 2.24) is 20.0 Å². The second kappa shape index (κ2) is 6.15. The van der Waals surface area contributed by atoms with Crippen molar-refractivity contribution in [1.29, 1.82) is 0 Å². The van der Waals surface area contributed by atoms with Crippen LogP contribution in [0.4, 0.5) is 0 Å². The number of aromatic carboxylic acids is 1. The predicted molar refractivity (Wildman–Crippen MR) is 78.1 cm³/mol. The van der Waals surface area contributed by atoms with Gasteiger partial charge in [-0.15, -0.1) is 0 Å². The second-order valence-electron chi connectivity index (χ2n) is 5.51. The fraction of sp³-hybridized carbons (Fsp3) is 0.400. The van der Waals surface area contributed by atoms with E-state index < -0.39 is 5.97 Å². The standard InChI is InChI=1S/C15H16N4O4/c1-9-17-13(23-18-9)11-3-2-6-19(8-11)14(20)10-4-5-12(15(21)22)16-7-10/h4-5,7,11H,2-3,6,8H2,1H3,(H,21,22)/t11-/m1/s1. The average Bonchev–Trinajstić information content (AvgIpc) is 3.01. The summed E-state index contributed by atoms with van der Waals surface area (Å²) in [6.07, 6.45) is 3.03. The Bertz CT molecular complexity index is 725. The van der Waals surface area contributed by atoms with Crippen molar-refractivity contribution in [3.8, 4) is 0 Å². The molecule has 1 saturated heterocycles. The van der Waals surface area contributed by atoms with Crippen LogP contribution in [0.5, 0.6) is 0 Å². The number of carboxylic acid groups (broad SMARTS) is 1. The molecular weight excluding hydrogens is 300 g/mol. The molecule has 0 spiro atoms. The van der Waals surface area contributed by atoms with Crippen LogP contribution in [0, 0.1) is 6.92 Å². The molecule has 1 aliphatic heterocycles. The molecule has 0 saturated carbocycles. The molecule has 2 aromatic heterocycles. The summed E-state index contributed by atoms with van der Waals surface area (Å²) in [5.74, 6) is -0.124. The number of nitrogens with zero attached hydrogens (tertiary/aromatic N) is 4. The summed E-state index contributed by atoms with van der Waals surface area (Å²) in [5, 5.41) is 12.6. The first-order valence-corrected chi connectivity index (χ1v) is 7.33. The molecule has 2 aromatic rings. The van der Waals surface area contributed by atoms with Crippen molar-refractivity contribution in [2.45, 2.75) is 25.7 Å². The van der Waals surface area contributed by atoms with E-state index in [1.54, 1.807) is 11.8 Å². The first kappa shape index (κ1) is 15.1. The molecule has 1 atom stereocenters. The van der Waals surface area contributed by atoms with E-state index in [1.807, 2.05) is 0 Å². The number of hydrogen-bond donors (Lipinski definition) is 1. The summed E-state index contributed by atoms with van der Waals surface area (Å²) < 4.78 is 5.20. The minimum Gasteiger partial charge on any atom is -0.477 e. The van der Waals surface area contributed by atoms with Gasteiger partial charge >= 0.3 is 5.97 Å². The van der Waals surface area contributed by atoms with Gasteiger partial charge in [-0.1, -0.05) is 5.16 Å². The van der Waals surface area contributed by atoms with Crippen LogP contribution in [0.1, 0.15) is 51.3 Å². The lowest BCUT2D eigenvalue weighted by Gasteiger charge is -2.31. The molecule has 1 aliphatic rings. The summed E-state index contributed by atoms with van der Waals surface area (Å²) in [6.45, 7) is 2.90. The molecule has 8 nitrogen and oxygen atoms in total. The molecule has 0 aliphatic carbocycles. The van der Waals surface area contributed by atoms with Crippen LogP contribution < -0.4 is 0 Å². The Morgan fingerprint density at radius 3 is 2.83 bits per heavy atom. The molecule has 1 N–H and O–H groups in total. The number of amides is 1. The fourth-order valence-electron chi connectivity index (χ4n) is 2.67. The molecule has 0 unspecified atom stereocenters. The number of pyridine rings is 1. The van der Waals surface area contributed by atoms with E-state index in [2.05, 4.69) is 15.1 Å². The maximum atomic E-state index is 12.5. The number of piperidine rings is 1. The normalized spacial score (nSPS) is 18.0. The minimum atomic E-state index is -1.12. The van der Waals surface area contributed by atoms with Crippen LogP contribution in [0.2, 0.25) is 0 Å². The van der Waals surface area contributed by atoms with Gasteiger partial charge in [-0.05, 0) is 31.9 Å². The highest BCUT2D eigenvalue weighted by Crippen LogP contribution is 2.26. The van der Waals surface area contributed by atoms with Gasteiger partial charge in [0.2, 0.25) is 5.89 Å². The van der Waals surface area contributed by atoms with Crippen molar-refractivity contribution < 1.29 is 19.2 Å². The van der Waals surface area contributed by atoms with E-state index in [1.165, 1.54) is 18.3 Å².